The average molecular weight is 255 g/mol. The van der Waals surface area contributed by atoms with E-state index in [0.717, 1.165) is 0 Å². The summed E-state index contributed by atoms with van der Waals surface area (Å²) in [6, 6.07) is 1.46. The third-order valence-corrected chi connectivity index (χ3v) is 3.25. The van der Waals surface area contributed by atoms with Gasteiger partial charge in [0.25, 0.3) is 10.0 Å². The Morgan fingerprint density at radius 2 is 2.13 bits per heavy atom. The molecule has 0 amide bonds. The van der Waals surface area contributed by atoms with Crippen molar-refractivity contribution in [2.45, 2.75) is 5.03 Å². The number of hydrogen-bond donors (Lipinski definition) is 2. The van der Waals surface area contributed by atoms with Crippen LogP contribution in [0.25, 0.3) is 0 Å². The Hall–Kier alpha value is -0.630. The summed E-state index contributed by atoms with van der Waals surface area (Å²) in [6.45, 7) is 0.959. The molecule has 0 saturated carbocycles. The van der Waals surface area contributed by atoms with Gasteiger partial charge in [0.2, 0.25) is 0 Å². The first-order chi connectivity index (χ1) is 6.58. The lowest BCUT2D eigenvalue weighted by molar-refractivity contribution is 0.561. The first kappa shape index (κ1) is 14.4. The largest absolute Gasteiger partial charge is 0.318 e. The summed E-state index contributed by atoms with van der Waals surface area (Å²) < 4.78 is 27.0. The van der Waals surface area contributed by atoms with Crippen LogP contribution >= 0.6 is 12.4 Å². The van der Waals surface area contributed by atoms with Crippen LogP contribution in [0.3, 0.4) is 0 Å². The molecule has 0 aliphatic rings. The van der Waals surface area contributed by atoms with Gasteiger partial charge in [-0.1, -0.05) is 0 Å². The van der Waals surface area contributed by atoms with Gasteiger partial charge in [-0.3, -0.25) is 4.68 Å². The van der Waals surface area contributed by atoms with Gasteiger partial charge in [-0.2, -0.15) is 5.10 Å². The summed E-state index contributed by atoms with van der Waals surface area (Å²) in [5.74, 6) is 0. The summed E-state index contributed by atoms with van der Waals surface area (Å²) in [6.07, 6.45) is 1.45. The van der Waals surface area contributed by atoms with Crippen molar-refractivity contribution >= 4 is 22.4 Å². The van der Waals surface area contributed by atoms with Crippen molar-refractivity contribution in [2.75, 3.05) is 20.1 Å². The fourth-order valence-electron chi connectivity index (χ4n) is 1.01. The van der Waals surface area contributed by atoms with Crippen molar-refractivity contribution in [3.8, 4) is 0 Å². The fraction of sp³-hybridized carbons (Fsp3) is 0.571. The Morgan fingerprint density at radius 1 is 1.47 bits per heavy atom. The number of halogens is 1. The van der Waals surface area contributed by atoms with E-state index >= 15 is 0 Å². The smallest absolute Gasteiger partial charge is 0.257 e. The number of likely N-dealkylation sites (N-methyl/N-ethyl adjacent to an activating group) is 1. The molecule has 88 valence electrons. The number of rotatable bonds is 5. The summed E-state index contributed by atoms with van der Waals surface area (Å²) >= 11 is 0. The number of sulfonamides is 1. The van der Waals surface area contributed by atoms with Crippen LogP contribution < -0.4 is 10.0 Å². The van der Waals surface area contributed by atoms with Gasteiger partial charge in [-0.25, -0.2) is 13.1 Å². The first-order valence-electron chi connectivity index (χ1n) is 4.20. The number of hydrogen-bond acceptors (Lipinski definition) is 4. The normalized spacial score (nSPS) is 11.1. The fourth-order valence-corrected chi connectivity index (χ4v) is 2.16. The predicted molar refractivity (Wildman–Crippen MR) is 59.6 cm³/mol. The van der Waals surface area contributed by atoms with Crippen LogP contribution in [0.1, 0.15) is 0 Å². The van der Waals surface area contributed by atoms with Gasteiger partial charge < -0.3 is 5.32 Å². The lowest BCUT2D eigenvalue weighted by atomic mass is 10.7. The maximum Gasteiger partial charge on any atom is 0.257 e. The van der Waals surface area contributed by atoms with Gasteiger partial charge in [-0.15, -0.1) is 12.4 Å². The van der Waals surface area contributed by atoms with E-state index in [0.29, 0.717) is 13.1 Å². The van der Waals surface area contributed by atoms with Gasteiger partial charge in [0.15, 0.2) is 5.03 Å². The van der Waals surface area contributed by atoms with E-state index in [4.69, 9.17) is 0 Å². The molecule has 0 aliphatic carbocycles. The Morgan fingerprint density at radius 3 is 2.60 bits per heavy atom. The van der Waals surface area contributed by atoms with Crippen LogP contribution in [0.5, 0.6) is 0 Å². The van der Waals surface area contributed by atoms with E-state index in [2.05, 4.69) is 15.1 Å². The average Bonchev–Trinajstić information content (AvgIpc) is 2.52. The standard InChI is InChI=1S/C7H14N4O2S.ClH/c1-8-5-6-10-14(12,13)7-3-4-9-11(7)2;/h3-4,8,10H,5-6H2,1-2H3;1H. The topological polar surface area (TPSA) is 76.0 Å². The first-order valence-corrected chi connectivity index (χ1v) is 5.68. The van der Waals surface area contributed by atoms with Crippen molar-refractivity contribution in [2.24, 2.45) is 7.05 Å². The Balaban J connectivity index is 0.00000196. The molecule has 8 heteroatoms. The molecule has 15 heavy (non-hydrogen) atoms. The van der Waals surface area contributed by atoms with Crippen molar-refractivity contribution in [3.63, 3.8) is 0 Å². The second-order valence-corrected chi connectivity index (χ2v) is 4.51. The van der Waals surface area contributed by atoms with Gasteiger partial charge >= 0.3 is 0 Å². The Labute approximate surface area is 95.5 Å². The van der Waals surface area contributed by atoms with Crippen LogP contribution in [-0.2, 0) is 17.1 Å². The molecule has 0 aromatic carbocycles. The minimum atomic E-state index is -3.41. The summed E-state index contributed by atoms with van der Waals surface area (Å²) in [5.41, 5.74) is 0. The maximum atomic E-state index is 11.6. The molecule has 1 aromatic rings. The second kappa shape index (κ2) is 6.06. The molecule has 0 radical (unpaired) electrons. The van der Waals surface area contributed by atoms with Gasteiger partial charge in [-0.05, 0) is 13.1 Å². The zero-order chi connectivity index (χ0) is 10.6. The third kappa shape index (κ3) is 3.78. The molecule has 0 atom stereocenters. The summed E-state index contributed by atoms with van der Waals surface area (Å²) in [7, 11) is -0.0572. The van der Waals surface area contributed by atoms with Gasteiger partial charge in [0, 0.05) is 20.1 Å². The number of nitrogens with one attached hydrogen (secondary N) is 2. The van der Waals surface area contributed by atoms with Crippen LogP contribution in [0.2, 0.25) is 0 Å². The molecule has 0 aliphatic heterocycles. The van der Waals surface area contributed by atoms with Crippen LogP contribution in [0, 0.1) is 0 Å². The van der Waals surface area contributed by atoms with E-state index < -0.39 is 10.0 Å². The van der Waals surface area contributed by atoms with E-state index in [1.807, 2.05) is 0 Å². The van der Waals surface area contributed by atoms with Gasteiger partial charge in [0.1, 0.15) is 0 Å². The molecule has 0 saturated heterocycles. The molecule has 2 N–H and O–H groups in total. The molecule has 1 aromatic heterocycles. The van der Waals surface area contributed by atoms with Gasteiger partial charge in [0.05, 0.1) is 6.20 Å². The number of nitrogens with zero attached hydrogens (tertiary/aromatic N) is 2. The predicted octanol–water partition coefficient (Wildman–Crippen LogP) is -0.660. The van der Waals surface area contributed by atoms with Crippen molar-refractivity contribution < 1.29 is 8.42 Å². The minimum Gasteiger partial charge on any atom is -0.318 e. The lowest BCUT2D eigenvalue weighted by Gasteiger charge is -2.05. The van der Waals surface area contributed by atoms with E-state index in [-0.39, 0.29) is 17.4 Å². The minimum absolute atomic E-state index is 0. The maximum absolute atomic E-state index is 11.6. The summed E-state index contributed by atoms with van der Waals surface area (Å²) in [4.78, 5) is 0. The quantitative estimate of drug-likeness (QED) is 0.684. The third-order valence-electron chi connectivity index (χ3n) is 1.72. The highest BCUT2D eigenvalue weighted by molar-refractivity contribution is 7.89. The molecule has 1 heterocycles. The Kier molecular flexibility index (Phi) is 5.81. The number of aromatic nitrogens is 2. The molecule has 0 unspecified atom stereocenters. The highest BCUT2D eigenvalue weighted by Gasteiger charge is 2.16. The summed E-state index contributed by atoms with van der Waals surface area (Å²) in [5, 5.41) is 6.82. The van der Waals surface area contributed by atoms with E-state index in [1.54, 1.807) is 14.1 Å². The molecule has 1 rings (SSSR count). The van der Waals surface area contributed by atoms with Crippen LogP contribution in [-0.4, -0.2) is 38.3 Å². The molecular weight excluding hydrogens is 240 g/mol. The van der Waals surface area contributed by atoms with Crippen LogP contribution in [0.4, 0.5) is 0 Å². The molecule has 6 nitrogen and oxygen atoms in total. The van der Waals surface area contributed by atoms with Crippen molar-refractivity contribution in [3.05, 3.63) is 12.3 Å². The van der Waals surface area contributed by atoms with Crippen molar-refractivity contribution in [1.29, 1.82) is 0 Å². The molecule has 0 fully saturated rings. The zero-order valence-electron chi connectivity index (χ0n) is 8.60. The van der Waals surface area contributed by atoms with E-state index in [1.165, 1.54) is 16.9 Å². The zero-order valence-corrected chi connectivity index (χ0v) is 10.2. The molecule has 0 bridgehead atoms. The van der Waals surface area contributed by atoms with Crippen molar-refractivity contribution in [1.82, 2.24) is 19.8 Å². The highest BCUT2D eigenvalue weighted by Crippen LogP contribution is 2.04. The van der Waals surface area contributed by atoms with E-state index in [9.17, 15) is 8.42 Å². The second-order valence-electron chi connectivity index (χ2n) is 2.79. The van der Waals surface area contributed by atoms with Crippen LogP contribution in [0.15, 0.2) is 17.3 Å². The Bertz CT molecular complexity index is 389. The monoisotopic (exact) mass is 254 g/mol. The highest BCUT2D eigenvalue weighted by atomic mass is 35.5. The molecular formula is C7H15ClN4O2S. The molecule has 0 spiro atoms. The SMILES string of the molecule is CNCCNS(=O)(=O)c1ccnn1C.Cl. The lowest BCUT2D eigenvalue weighted by Crippen LogP contribution is -2.31. The number of aryl methyl sites for hydroxylation is 1.